The molecule has 0 bridgehead atoms. The van der Waals surface area contributed by atoms with Crippen molar-refractivity contribution >= 4 is 51.0 Å². The highest BCUT2D eigenvalue weighted by Gasteiger charge is 2.31. The van der Waals surface area contributed by atoms with Crippen LogP contribution in [0.1, 0.15) is 10.9 Å². The molecular formula is C17H15BrClFN2O2S. The fraction of sp³-hybridized carbons (Fsp3) is 0.235. The minimum atomic E-state index is -0.516. The Bertz CT molecular complexity index is 808. The minimum absolute atomic E-state index is 0.0239. The van der Waals surface area contributed by atoms with Gasteiger partial charge in [-0.25, -0.2) is 9.18 Å². The van der Waals surface area contributed by atoms with Crippen LogP contribution in [0.2, 0.25) is 5.02 Å². The maximum absolute atomic E-state index is 13.2. The Labute approximate surface area is 162 Å². The van der Waals surface area contributed by atoms with Gasteiger partial charge in [-0.05, 0) is 51.8 Å². The van der Waals surface area contributed by atoms with Crippen LogP contribution >= 0.6 is 39.3 Å². The molecule has 1 heterocycles. The quantitative estimate of drug-likeness (QED) is 0.675. The summed E-state index contributed by atoms with van der Waals surface area (Å²) in [4.78, 5) is 14.4. The van der Waals surface area contributed by atoms with Gasteiger partial charge in [0.25, 0.3) is 0 Å². The number of carbonyl (C=O) groups excluding carboxylic acids is 1. The van der Waals surface area contributed by atoms with Gasteiger partial charge in [0, 0.05) is 18.0 Å². The summed E-state index contributed by atoms with van der Waals surface area (Å²) in [6, 6.07) is 9.64. The Kier molecular flexibility index (Phi) is 5.76. The van der Waals surface area contributed by atoms with Gasteiger partial charge in [-0.3, -0.25) is 0 Å². The van der Waals surface area contributed by atoms with Crippen LogP contribution in [0.15, 0.2) is 40.9 Å². The molecule has 2 aromatic carbocycles. The minimum Gasteiger partial charge on any atom is -0.496 e. The predicted molar refractivity (Wildman–Crippen MR) is 103 cm³/mol. The van der Waals surface area contributed by atoms with Gasteiger partial charge in [-0.1, -0.05) is 17.7 Å². The molecule has 1 fully saturated rings. The highest BCUT2D eigenvalue weighted by atomic mass is 79.9. The van der Waals surface area contributed by atoms with Gasteiger partial charge in [-0.2, -0.15) is 0 Å². The third-order valence-electron chi connectivity index (χ3n) is 3.78. The molecule has 8 heteroatoms. The second-order valence-electron chi connectivity index (χ2n) is 5.37. The average molecular weight is 446 g/mol. The van der Waals surface area contributed by atoms with E-state index in [2.05, 4.69) is 21.2 Å². The van der Waals surface area contributed by atoms with Crippen LogP contribution in [-0.4, -0.2) is 30.3 Å². The Morgan fingerprint density at radius 2 is 2.20 bits per heavy atom. The predicted octanol–water partition coefficient (Wildman–Crippen LogP) is 5.53. The summed E-state index contributed by atoms with van der Waals surface area (Å²) in [5, 5.41) is 2.65. The molecule has 4 nitrogen and oxygen atoms in total. The monoisotopic (exact) mass is 444 g/mol. The van der Waals surface area contributed by atoms with Gasteiger partial charge < -0.3 is 15.0 Å². The molecule has 0 aliphatic carbocycles. The number of ether oxygens (including phenoxy) is 1. The van der Waals surface area contributed by atoms with Crippen LogP contribution in [0.25, 0.3) is 0 Å². The first-order valence-electron chi connectivity index (χ1n) is 7.47. The highest BCUT2D eigenvalue weighted by molar-refractivity contribution is 9.10. The zero-order valence-electron chi connectivity index (χ0n) is 13.3. The van der Waals surface area contributed by atoms with E-state index in [4.69, 9.17) is 16.3 Å². The molecule has 2 amide bonds. The fourth-order valence-electron chi connectivity index (χ4n) is 2.56. The van der Waals surface area contributed by atoms with Gasteiger partial charge in [-0.15, -0.1) is 11.8 Å². The van der Waals surface area contributed by atoms with Crippen LogP contribution in [0.5, 0.6) is 5.75 Å². The van der Waals surface area contributed by atoms with Crippen molar-refractivity contribution in [2.75, 3.05) is 24.7 Å². The third-order valence-corrected chi connectivity index (χ3v) is 5.95. The van der Waals surface area contributed by atoms with Crippen LogP contribution in [-0.2, 0) is 0 Å². The molecule has 1 aliphatic heterocycles. The summed E-state index contributed by atoms with van der Waals surface area (Å²) in [7, 11) is 1.61. The molecule has 0 saturated carbocycles. The number of anilines is 1. The number of rotatable bonds is 3. The lowest BCUT2D eigenvalue weighted by Crippen LogP contribution is -2.34. The van der Waals surface area contributed by atoms with Crippen molar-refractivity contribution in [3.63, 3.8) is 0 Å². The molecule has 1 saturated heterocycles. The summed E-state index contributed by atoms with van der Waals surface area (Å²) < 4.78 is 19.3. The molecule has 1 unspecified atom stereocenters. The molecule has 1 aliphatic rings. The van der Waals surface area contributed by atoms with Gasteiger partial charge in [0.1, 0.15) is 16.9 Å². The summed E-state index contributed by atoms with van der Waals surface area (Å²) in [6.45, 7) is 0.625. The van der Waals surface area contributed by atoms with Crippen molar-refractivity contribution in [1.82, 2.24) is 4.90 Å². The number of methoxy groups -OCH3 is 1. The SMILES string of the molecule is COc1ccc(C2SCCN2C(=O)Nc2ccc(F)c(Cl)c2)cc1Br. The molecule has 25 heavy (non-hydrogen) atoms. The number of hydrogen-bond donors (Lipinski definition) is 1. The zero-order chi connectivity index (χ0) is 18.0. The number of nitrogens with zero attached hydrogens (tertiary/aromatic N) is 1. The van der Waals surface area contributed by atoms with Gasteiger partial charge >= 0.3 is 6.03 Å². The molecule has 1 atom stereocenters. The topological polar surface area (TPSA) is 41.6 Å². The van der Waals surface area contributed by atoms with Crippen molar-refractivity contribution in [1.29, 1.82) is 0 Å². The van der Waals surface area contributed by atoms with E-state index < -0.39 is 5.82 Å². The number of thioether (sulfide) groups is 1. The Hall–Kier alpha value is -1.44. The number of benzene rings is 2. The molecular weight excluding hydrogens is 431 g/mol. The second-order valence-corrected chi connectivity index (χ2v) is 7.82. The number of urea groups is 1. The van der Waals surface area contributed by atoms with Crippen molar-refractivity contribution in [3.05, 3.63) is 57.3 Å². The molecule has 0 aromatic heterocycles. The lowest BCUT2D eigenvalue weighted by Gasteiger charge is -2.25. The summed E-state index contributed by atoms with van der Waals surface area (Å²) in [5.74, 6) is 1.06. The summed E-state index contributed by atoms with van der Waals surface area (Å²) >= 11 is 10.9. The van der Waals surface area contributed by atoms with Crippen LogP contribution in [0.3, 0.4) is 0 Å². The average Bonchev–Trinajstić information content (AvgIpc) is 3.08. The van der Waals surface area contributed by atoms with E-state index in [0.717, 1.165) is 21.5 Å². The first kappa shape index (κ1) is 18.4. The van der Waals surface area contributed by atoms with Gasteiger partial charge in [0.2, 0.25) is 0 Å². The van der Waals surface area contributed by atoms with Crippen LogP contribution in [0.4, 0.5) is 14.9 Å². The van der Waals surface area contributed by atoms with E-state index in [1.54, 1.807) is 23.8 Å². The molecule has 2 aromatic rings. The molecule has 3 rings (SSSR count). The van der Waals surface area contributed by atoms with Gasteiger partial charge in [0.15, 0.2) is 0 Å². The van der Waals surface area contributed by atoms with Crippen LogP contribution < -0.4 is 10.1 Å². The second kappa shape index (κ2) is 7.85. The van der Waals surface area contributed by atoms with Crippen LogP contribution in [0, 0.1) is 5.82 Å². The van der Waals surface area contributed by atoms with E-state index >= 15 is 0 Å². The Balaban J connectivity index is 1.77. The van der Waals surface area contributed by atoms with Crippen molar-refractivity contribution in [2.45, 2.75) is 5.37 Å². The largest absolute Gasteiger partial charge is 0.496 e. The molecule has 132 valence electrons. The summed E-state index contributed by atoms with van der Waals surface area (Å²) in [6.07, 6.45) is 0. The number of hydrogen-bond acceptors (Lipinski definition) is 3. The van der Waals surface area contributed by atoms with E-state index in [1.165, 1.54) is 18.2 Å². The lowest BCUT2D eigenvalue weighted by molar-refractivity contribution is 0.214. The fourth-order valence-corrected chi connectivity index (χ4v) is 4.54. The number of carbonyl (C=O) groups is 1. The van der Waals surface area contributed by atoms with E-state index in [-0.39, 0.29) is 16.4 Å². The third kappa shape index (κ3) is 4.04. The van der Waals surface area contributed by atoms with Crippen molar-refractivity contribution in [3.8, 4) is 5.75 Å². The Morgan fingerprint density at radius 3 is 2.88 bits per heavy atom. The van der Waals surface area contributed by atoms with E-state index in [0.29, 0.717) is 12.2 Å². The van der Waals surface area contributed by atoms with E-state index in [1.807, 2.05) is 18.2 Å². The number of halogens is 3. The summed E-state index contributed by atoms with van der Waals surface area (Å²) in [5.41, 5.74) is 1.46. The van der Waals surface area contributed by atoms with Crippen molar-refractivity contribution < 1.29 is 13.9 Å². The number of amides is 2. The first-order chi connectivity index (χ1) is 12.0. The highest BCUT2D eigenvalue weighted by Crippen LogP contribution is 2.40. The maximum atomic E-state index is 13.2. The smallest absolute Gasteiger partial charge is 0.323 e. The van der Waals surface area contributed by atoms with E-state index in [9.17, 15) is 9.18 Å². The maximum Gasteiger partial charge on any atom is 0.323 e. The van der Waals surface area contributed by atoms with Crippen molar-refractivity contribution in [2.24, 2.45) is 0 Å². The Morgan fingerprint density at radius 1 is 1.40 bits per heavy atom. The molecule has 1 N–H and O–H groups in total. The normalized spacial score (nSPS) is 16.8. The lowest BCUT2D eigenvalue weighted by atomic mass is 10.2. The standard InChI is InChI=1S/C17H15BrClFN2O2S/c1-24-15-5-2-10(8-12(15)18)16-22(6-7-25-16)17(23)21-11-3-4-14(20)13(19)9-11/h2-5,8-9,16H,6-7H2,1H3,(H,21,23). The zero-order valence-corrected chi connectivity index (χ0v) is 16.4. The molecule has 0 radical (unpaired) electrons. The first-order valence-corrected chi connectivity index (χ1v) is 9.69. The molecule has 0 spiro atoms. The number of nitrogens with one attached hydrogen (secondary N) is 1. The van der Waals surface area contributed by atoms with Gasteiger partial charge in [0.05, 0.1) is 16.6 Å².